The van der Waals surface area contributed by atoms with Crippen LogP contribution in [0.25, 0.3) is 21.3 Å². The number of piperazine rings is 2. The van der Waals surface area contributed by atoms with Gasteiger partial charge in [0.05, 0.1) is 40.2 Å². The standard InChI is InChI=1S/C60H63FN10O9S/c1-36-38(39-16-18-50(63-53(39)58(78)80-60(2,3)4)70-22-20-37-10-7-12-40(43(37)34-70)54(74)65-59-62-45-13-5-6-15-49(45)81-59)11-8-14-48(36)79-31-9-21-66-23-25-67(26-24-66)35-52(73)69-29-27-68(28-30-69)47-33-42-41(32-44(47)61)56(76)71(57(42)77)46-17-19-51(72)64-55(46)75/h5-8,10-16,18,32-33,46H,9,17,19-31,34-35H2,1-4H3,(H,62,65,74)(H,64,72,75). The Morgan fingerprint density at radius 1 is 0.778 bits per heavy atom. The molecule has 1 unspecified atom stereocenters. The Morgan fingerprint density at radius 3 is 2.27 bits per heavy atom. The third kappa shape index (κ3) is 11.6. The molecule has 3 saturated heterocycles. The number of benzene rings is 4. The van der Waals surface area contributed by atoms with Gasteiger partial charge in [0.15, 0.2) is 10.8 Å². The number of amides is 6. The maximum atomic E-state index is 15.5. The number of anilines is 3. The number of hydrogen-bond donors (Lipinski definition) is 2. The summed E-state index contributed by atoms with van der Waals surface area (Å²) >= 11 is 1.43. The number of pyridine rings is 1. The Balaban J connectivity index is 0.664. The summed E-state index contributed by atoms with van der Waals surface area (Å²) in [5, 5.41) is 5.72. The lowest BCUT2D eigenvalue weighted by Gasteiger charge is -2.38. The van der Waals surface area contributed by atoms with E-state index in [0.29, 0.717) is 80.1 Å². The molecule has 21 heteroatoms. The molecule has 2 aromatic heterocycles. The van der Waals surface area contributed by atoms with Crippen molar-refractivity contribution >= 4 is 79.6 Å². The van der Waals surface area contributed by atoms with Crippen LogP contribution in [0.5, 0.6) is 5.75 Å². The first-order chi connectivity index (χ1) is 39.0. The minimum Gasteiger partial charge on any atom is -0.493 e. The lowest BCUT2D eigenvalue weighted by Crippen LogP contribution is -2.54. The molecule has 0 saturated carbocycles. The first-order valence-electron chi connectivity index (χ1n) is 27.5. The number of hydrogen-bond acceptors (Lipinski definition) is 16. The number of esters is 1. The van der Waals surface area contributed by atoms with Crippen molar-refractivity contribution in [3.8, 4) is 16.9 Å². The Kier molecular flexibility index (Phi) is 15.4. The molecule has 0 aliphatic carbocycles. The van der Waals surface area contributed by atoms with E-state index in [0.717, 1.165) is 82.6 Å². The first-order valence-corrected chi connectivity index (χ1v) is 28.3. The van der Waals surface area contributed by atoms with Gasteiger partial charge in [-0.2, -0.15) is 0 Å². The van der Waals surface area contributed by atoms with E-state index in [1.54, 1.807) is 9.80 Å². The van der Waals surface area contributed by atoms with Crippen LogP contribution in [0.15, 0.2) is 84.9 Å². The van der Waals surface area contributed by atoms with Crippen LogP contribution >= 0.6 is 11.3 Å². The summed E-state index contributed by atoms with van der Waals surface area (Å²) in [7, 11) is 0. The van der Waals surface area contributed by atoms with Gasteiger partial charge in [0, 0.05) is 89.5 Å². The van der Waals surface area contributed by atoms with Crippen molar-refractivity contribution in [2.75, 3.05) is 93.7 Å². The van der Waals surface area contributed by atoms with Crippen LogP contribution < -0.4 is 25.2 Å². The van der Waals surface area contributed by atoms with Gasteiger partial charge in [0.2, 0.25) is 17.7 Å². The molecule has 19 nitrogen and oxygen atoms in total. The highest BCUT2D eigenvalue weighted by Crippen LogP contribution is 2.37. The first kappa shape index (κ1) is 54.8. The molecule has 6 amide bonds. The number of rotatable bonds is 14. The average molecular weight is 1120 g/mol. The molecule has 6 aromatic rings. The van der Waals surface area contributed by atoms with E-state index in [1.807, 2.05) is 94.4 Å². The molecule has 2 N–H and O–H groups in total. The summed E-state index contributed by atoms with van der Waals surface area (Å²) < 4.78 is 28.9. The zero-order valence-electron chi connectivity index (χ0n) is 45.7. The van der Waals surface area contributed by atoms with Crippen LogP contribution in [0.2, 0.25) is 0 Å². The maximum Gasteiger partial charge on any atom is 0.358 e. The van der Waals surface area contributed by atoms with Gasteiger partial charge in [-0.1, -0.05) is 47.7 Å². The van der Waals surface area contributed by atoms with Crippen molar-refractivity contribution < 1.29 is 47.4 Å². The normalized spacial score (nSPS) is 18.0. The molecule has 81 heavy (non-hydrogen) atoms. The molecule has 0 bridgehead atoms. The highest BCUT2D eigenvalue weighted by atomic mass is 32.1. The molecule has 0 radical (unpaired) electrons. The zero-order valence-corrected chi connectivity index (χ0v) is 46.5. The van der Waals surface area contributed by atoms with Gasteiger partial charge < -0.3 is 29.1 Å². The van der Waals surface area contributed by atoms with E-state index in [9.17, 15) is 33.6 Å². The van der Waals surface area contributed by atoms with Crippen LogP contribution in [0.3, 0.4) is 0 Å². The van der Waals surface area contributed by atoms with Gasteiger partial charge in [0.1, 0.15) is 29.0 Å². The quantitative estimate of drug-likeness (QED) is 0.0660. The molecule has 420 valence electrons. The largest absolute Gasteiger partial charge is 0.493 e. The molecule has 0 spiro atoms. The predicted octanol–water partition coefficient (Wildman–Crippen LogP) is 6.71. The Hall–Kier alpha value is -8.14. The summed E-state index contributed by atoms with van der Waals surface area (Å²) in [6.07, 6.45) is 1.44. The Morgan fingerprint density at radius 2 is 1.52 bits per heavy atom. The molecule has 3 fully saturated rings. The number of piperidine rings is 1. The smallest absolute Gasteiger partial charge is 0.358 e. The van der Waals surface area contributed by atoms with Crippen LogP contribution in [-0.4, -0.2) is 161 Å². The molecule has 5 aliphatic heterocycles. The number of nitrogens with one attached hydrogen (secondary N) is 2. The van der Waals surface area contributed by atoms with Crippen LogP contribution in [0, 0.1) is 12.7 Å². The molecule has 1 atom stereocenters. The van der Waals surface area contributed by atoms with E-state index < -0.39 is 47.1 Å². The van der Waals surface area contributed by atoms with Crippen LogP contribution in [0.1, 0.15) is 98.3 Å². The average Bonchev–Trinajstić information content (AvgIpc) is 4.19. The van der Waals surface area contributed by atoms with E-state index in [2.05, 4.69) is 36.4 Å². The lowest BCUT2D eigenvalue weighted by atomic mass is 9.94. The van der Waals surface area contributed by atoms with Gasteiger partial charge in [-0.15, -0.1) is 0 Å². The number of nitrogens with zero attached hydrogens (tertiary/aromatic N) is 8. The number of thiazole rings is 1. The van der Waals surface area contributed by atoms with Gasteiger partial charge in [-0.25, -0.2) is 19.2 Å². The van der Waals surface area contributed by atoms with Gasteiger partial charge >= 0.3 is 5.97 Å². The zero-order chi connectivity index (χ0) is 56.7. The Bertz CT molecular complexity index is 3480. The fourth-order valence-corrected chi connectivity index (χ4v) is 12.2. The third-order valence-electron chi connectivity index (χ3n) is 15.6. The van der Waals surface area contributed by atoms with Gasteiger partial charge in [-0.3, -0.25) is 49.2 Å². The second-order valence-electron chi connectivity index (χ2n) is 22.0. The highest BCUT2D eigenvalue weighted by molar-refractivity contribution is 7.22. The fourth-order valence-electron chi connectivity index (χ4n) is 11.3. The second kappa shape index (κ2) is 22.8. The van der Waals surface area contributed by atoms with Crippen LogP contribution in [0.4, 0.5) is 21.0 Å². The minimum atomic E-state index is -1.15. The van der Waals surface area contributed by atoms with E-state index in [4.69, 9.17) is 14.5 Å². The van der Waals surface area contributed by atoms with Crippen molar-refractivity contribution in [2.45, 2.75) is 71.6 Å². The van der Waals surface area contributed by atoms with Gasteiger partial charge in [-0.05, 0) is 118 Å². The summed E-state index contributed by atoms with van der Waals surface area (Å²) in [4.78, 5) is 113. The predicted molar refractivity (Wildman–Crippen MR) is 303 cm³/mol. The number of para-hydroxylation sites is 1. The maximum absolute atomic E-state index is 15.5. The van der Waals surface area contributed by atoms with Crippen molar-refractivity contribution in [1.82, 2.24) is 34.9 Å². The van der Waals surface area contributed by atoms with Crippen molar-refractivity contribution in [1.29, 1.82) is 0 Å². The van der Waals surface area contributed by atoms with Crippen LogP contribution in [-0.2, 0) is 32.1 Å². The molecule has 7 heterocycles. The number of carbonyl (C=O) groups excluding carboxylic acids is 7. The number of ether oxygens (including phenoxy) is 2. The molecule has 4 aromatic carbocycles. The summed E-state index contributed by atoms with van der Waals surface area (Å²) in [6.45, 7) is 14.4. The lowest BCUT2D eigenvalue weighted by molar-refractivity contribution is -0.136. The minimum absolute atomic E-state index is 0.00313. The number of imide groups is 2. The summed E-state index contributed by atoms with van der Waals surface area (Å²) in [6, 6.07) is 24.4. The number of aromatic nitrogens is 2. The van der Waals surface area contributed by atoms with E-state index in [1.165, 1.54) is 17.4 Å². The molecular weight excluding hydrogens is 1060 g/mol. The SMILES string of the molecule is Cc1c(OCCCN2CCN(CC(=O)N3CCN(c4cc5c(cc4F)C(=O)N(C4CCC(=O)NC4=O)C5=O)CC3)CC2)cccc1-c1ccc(N2CCc3cccc(C(=O)Nc4nc5ccccc5s4)c3C2)nc1C(=O)OC(C)(C)C. The molecule has 11 rings (SSSR count). The van der Waals surface area contributed by atoms with Gasteiger partial charge in [0.25, 0.3) is 17.7 Å². The monoisotopic (exact) mass is 1120 g/mol. The second-order valence-corrected chi connectivity index (χ2v) is 23.1. The number of halogens is 1. The summed E-state index contributed by atoms with van der Waals surface area (Å²) in [5.74, 6) is -2.87. The Labute approximate surface area is 472 Å². The van der Waals surface area contributed by atoms with Crippen molar-refractivity contribution in [3.63, 3.8) is 0 Å². The van der Waals surface area contributed by atoms with Crippen molar-refractivity contribution in [2.24, 2.45) is 0 Å². The highest BCUT2D eigenvalue weighted by Gasteiger charge is 2.45. The number of fused-ring (bicyclic) bond motifs is 3. The van der Waals surface area contributed by atoms with Crippen molar-refractivity contribution in [3.05, 3.63) is 130 Å². The van der Waals surface area contributed by atoms with E-state index >= 15 is 4.39 Å². The fraction of sp³-hybridized carbons (Fsp3) is 0.383. The molecule has 5 aliphatic rings. The van der Waals surface area contributed by atoms with E-state index in [-0.39, 0.29) is 53.7 Å². The number of carbonyl (C=O) groups is 7. The third-order valence-corrected chi connectivity index (χ3v) is 16.5. The topological polar surface area (TPSA) is 207 Å². The molecular formula is C60H63FN10O9S. The summed E-state index contributed by atoms with van der Waals surface area (Å²) in [5.41, 5.74) is 5.09.